The van der Waals surface area contributed by atoms with Gasteiger partial charge in [-0.2, -0.15) is 0 Å². The van der Waals surface area contributed by atoms with E-state index in [4.69, 9.17) is 0 Å². The summed E-state index contributed by atoms with van der Waals surface area (Å²) in [6.45, 7) is 3.86. The van der Waals surface area contributed by atoms with Crippen molar-refractivity contribution in [1.29, 1.82) is 0 Å². The van der Waals surface area contributed by atoms with Crippen LogP contribution in [0.3, 0.4) is 0 Å². The summed E-state index contributed by atoms with van der Waals surface area (Å²) < 4.78 is 0. The first-order valence-electron chi connectivity index (χ1n) is 9.60. The first kappa shape index (κ1) is 19.5. The molecule has 5 nitrogen and oxygen atoms in total. The van der Waals surface area contributed by atoms with Gasteiger partial charge in [0, 0.05) is 11.3 Å². The molecule has 1 aliphatic heterocycles. The van der Waals surface area contributed by atoms with Gasteiger partial charge >= 0.3 is 0 Å². The maximum Gasteiger partial charge on any atom is 0.300 e. The van der Waals surface area contributed by atoms with Gasteiger partial charge in [-0.3, -0.25) is 14.5 Å². The van der Waals surface area contributed by atoms with Gasteiger partial charge in [0.25, 0.3) is 11.7 Å². The number of anilines is 1. The lowest BCUT2D eigenvalue weighted by atomic mass is 9.95. The number of aliphatic hydroxyl groups is 1. The van der Waals surface area contributed by atoms with Crippen LogP contribution in [0.1, 0.15) is 28.3 Å². The van der Waals surface area contributed by atoms with Crippen LogP contribution in [-0.2, 0) is 9.59 Å². The first-order valence-corrected chi connectivity index (χ1v) is 9.60. The SMILES string of the molecule is Cc1ccc(/C(O)=C2\C(=O)C(=O)N(c3ccc(C)cc3)C2c2ccc(O)cc2)cc1. The van der Waals surface area contributed by atoms with Gasteiger partial charge in [0.1, 0.15) is 11.5 Å². The van der Waals surface area contributed by atoms with Crippen molar-refractivity contribution in [2.24, 2.45) is 0 Å². The second-order valence-corrected chi connectivity index (χ2v) is 7.46. The summed E-state index contributed by atoms with van der Waals surface area (Å²) in [7, 11) is 0. The molecule has 4 rings (SSSR count). The standard InChI is InChI=1S/C25H21NO4/c1-15-3-7-18(8-4-15)23(28)21-22(17-9-13-20(27)14-10-17)26(25(30)24(21)29)19-11-5-16(2)6-12-19/h3-14,22,27-28H,1-2H3/b23-21+. The summed E-state index contributed by atoms with van der Waals surface area (Å²) in [4.78, 5) is 27.4. The third kappa shape index (κ3) is 3.35. The summed E-state index contributed by atoms with van der Waals surface area (Å²) in [5.74, 6) is -1.59. The predicted molar refractivity (Wildman–Crippen MR) is 115 cm³/mol. The third-order valence-electron chi connectivity index (χ3n) is 5.29. The molecule has 1 atom stereocenters. The second kappa shape index (κ2) is 7.52. The topological polar surface area (TPSA) is 77.8 Å². The zero-order chi connectivity index (χ0) is 21.4. The number of benzene rings is 3. The molecule has 2 N–H and O–H groups in total. The number of phenolic OH excluding ortho intramolecular Hbond substituents is 1. The minimum Gasteiger partial charge on any atom is -0.508 e. The van der Waals surface area contributed by atoms with E-state index in [1.54, 1.807) is 36.4 Å². The Morgan fingerprint density at radius 3 is 1.90 bits per heavy atom. The number of carbonyl (C=O) groups is 2. The fourth-order valence-electron chi connectivity index (χ4n) is 3.64. The van der Waals surface area contributed by atoms with E-state index in [2.05, 4.69) is 0 Å². The Bertz CT molecular complexity index is 1140. The highest BCUT2D eigenvalue weighted by molar-refractivity contribution is 6.51. The van der Waals surface area contributed by atoms with Crippen molar-refractivity contribution in [2.45, 2.75) is 19.9 Å². The van der Waals surface area contributed by atoms with Crippen molar-refractivity contribution in [3.05, 3.63) is 101 Å². The molecule has 3 aromatic rings. The third-order valence-corrected chi connectivity index (χ3v) is 5.29. The van der Waals surface area contributed by atoms with Crippen LogP contribution in [0.15, 0.2) is 78.4 Å². The van der Waals surface area contributed by atoms with Crippen LogP contribution in [0.2, 0.25) is 0 Å². The first-order chi connectivity index (χ1) is 14.4. The van der Waals surface area contributed by atoms with Gasteiger partial charge < -0.3 is 10.2 Å². The van der Waals surface area contributed by atoms with Crippen LogP contribution in [0.5, 0.6) is 5.75 Å². The fraction of sp³-hybridized carbons (Fsp3) is 0.120. The molecular formula is C25H21NO4. The zero-order valence-corrected chi connectivity index (χ0v) is 16.7. The Morgan fingerprint density at radius 1 is 0.800 bits per heavy atom. The summed E-state index contributed by atoms with van der Waals surface area (Å²) in [5, 5.41) is 20.7. The van der Waals surface area contributed by atoms with E-state index in [9.17, 15) is 19.8 Å². The maximum absolute atomic E-state index is 13.0. The van der Waals surface area contributed by atoms with Gasteiger partial charge in [-0.15, -0.1) is 0 Å². The minimum atomic E-state index is -0.811. The maximum atomic E-state index is 13.0. The van der Waals surface area contributed by atoms with Gasteiger partial charge in [-0.25, -0.2) is 0 Å². The van der Waals surface area contributed by atoms with E-state index in [0.717, 1.165) is 11.1 Å². The van der Waals surface area contributed by atoms with Gasteiger partial charge in [0.05, 0.1) is 11.6 Å². The van der Waals surface area contributed by atoms with E-state index in [-0.39, 0.29) is 17.1 Å². The Labute approximate surface area is 174 Å². The number of hydrogen-bond donors (Lipinski definition) is 2. The van der Waals surface area contributed by atoms with Crippen LogP contribution < -0.4 is 4.90 Å². The van der Waals surface area contributed by atoms with Crippen LogP contribution in [0, 0.1) is 13.8 Å². The second-order valence-electron chi connectivity index (χ2n) is 7.46. The molecule has 1 heterocycles. The molecule has 0 spiro atoms. The summed E-state index contributed by atoms with van der Waals surface area (Å²) in [5.41, 5.74) is 3.70. The lowest BCUT2D eigenvalue weighted by molar-refractivity contribution is -0.132. The number of carbonyl (C=O) groups excluding carboxylic acids is 2. The van der Waals surface area contributed by atoms with Crippen LogP contribution in [0.4, 0.5) is 5.69 Å². The molecule has 0 aromatic heterocycles. The summed E-state index contributed by atoms with van der Waals surface area (Å²) >= 11 is 0. The number of rotatable bonds is 3. The minimum absolute atomic E-state index is 0.0233. The highest BCUT2D eigenvalue weighted by Crippen LogP contribution is 2.42. The molecule has 0 aliphatic carbocycles. The van der Waals surface area contributed by atoms with Crippen molar-refractivity contribution in [1.82, 2.24) is 0 Å². The Kier molecular flexibility index (Phi) is 4.88. The Morgan fingerprint density at radius 2 is 1.33 bits per heavy atom. The lowest BCUT2D eigenvalue weighted by Gasteiger charge is -2.25. The van der Waals surface area contributed by atoms with Crippen molar-refractivity contribution in [2.75, 3.05) is 4.90 Å². The lowest BCUT2D eigenvalue weighted by Crippen LogP contribution is -2.29. The normalized spacial score (nSPS) is 18.1. The van der Waals surface area contributed by atoms with Gasteiger partial charge in [0.2, 0.25) is 0 Å². The smallest absolute Gasteiger partial charge is 0.300 e. The molecule has 1 fully saturated rings. The number of ketones is 1. The molecule has 5 heteroatoms. The zero-order valence-electron chi connectivity index (χ0n) is 16.7. The van der Waals surface area contributed by atoms with E-state index < -0.39 is 17.7 Å². The van der Waals surface area contributed by atoms with Gasteiger partial charge in [-0.05, 0) is 43.7 Å². The molecular weight excluding hydrogens is 378 g/mol. The number of aromatic hydroxyl groups is 1. The van der Waals surface area contributed by atoms with E-state index in [1.165, 1.54) is 17.0 Å². The van der Waals surface area contributed by atoms with Crippen molar-refractivity contribution in [3.63, 3.8) is 0 Å². The van der Waals surface area contributed by atoms with E-state index in [0.29, 0.717) is 16.8 Å². The average molecular weight is 399 g/mol. The highest BCUT2D eigenvalue weighted by Gasteiger charge is 2.46. The van der Waals surface area contributed by atoms with E-state index >= 15 is 0 Å². The molecule has 150 valence electrons. The van der Waals surface area contributed by atoms with Crippen molar-refractivity contribution >= 4 is 23.1 Å². The predicted octanol–water partition coefficient (Wildman–Crippen LogP) is 4.64. The van der Waals surface area contributed by atoms with Crippen molar-refractivity contribution < 1.29 is 19.8 Å². The molecule has 30 heavy (non-hydrogen) atoms. The number of amides is 1. The highest BCUT2D eigenvalue weighted by atomic mass is 16.3. The molecule has 0 bridgehead atoms. The molecule has 1 aliphatic rings. The Balaban J connectivity index is 1.93. The number of phenols is 1. The van der Waals surface area contributed by atoms with Crippen LogP contribution in [0.25, 0.3) is 5.76 Å². The van der Waals surface area contributed by atoms with Crippen LogP contribution in [-0.4, -0.2) is 21.9 Å². The molecule has 0 radical (unpaired) electrons. The fourth-order valence-corrected chi connectivity index (χ4v) is 3.64. The molecule has 1 amide bonds. The monoisotopic (exact) mass is 399 g/mol. The molecule has 1 unspecified atom stereocenters. The number of aryl methyl sites for hydroxylation is 2. The van der Waals surface area contributed by atoms with E-state index in [1.807, 2.05) is 38.1 Å². The number of aliphatic hydroxyl groups excluding tert-OH is 1. The number of Topliss-reactive ketones (excluding diaryl/α,β-unsaturated/α-hetero) is 1. The van der Waals surface area contributed by atoms with Crippen LogP contribution >= 0.6 is 0 Å². The van der Waals surface area contributed by atoms with Gasteiger partial charge in [-0.1, -0.05) is 59.7 Å². The average Bonchev–Trinajstić information content (AvgIpc) is 3.00. The Hall–Kier alpha value is -3.86. The molecule has 0 saturated carbocycles. The molecule has 3 aromatic carbocycles. The largest absolute Gasteiger partial charge is 0.508 e. The number of hydrogen-bond acceptors (Lipinski definition) is 4. The number of nitrogens with zero attached hydrogens (tertiary/aromatic N) is 1. The quantitative estimate of drug-likeness (QED) is 0.382. The summed E-state index contributed by atoms with van der Waals surface area (Å²) in [6.07, 6.45) is 0. The molecule has 1 saturated heterocycles. The van der Waals surface area contributed by atoms with Gasteiger partial charge in [0.15, 0.2) is 0 Å². The summed E-state index contributed by atoms with van der Waals surface area (Å²) in [6, 6.07) is 19.9. The van der Waals surface area contributed by atoms with Crippen molar-refractivity contribution in [3.8, 4) is 5.75 Å².